The van der Waals surface area contributed by atoms with Crippen molar-refractivity contribution < 1.29 is 9.59 Å². The molecule has 0 fully saturated rings. The molecule has 1 heterocycles. The van der Waals surface area contributed by atoms with Crippen LogP contribution in [0.2, 0.25) is 5.02 Å². The van der Waals surface area contributed by atoms with Crippen LogP contribution in [0.4, 0.5) is 0 Å². The summed E-state index contributed by atoms with van der Waals surface area (Å²) in [6.45, 7) is 0. The van der Waals surface area contributed by atoms with Gasteiger partial charge in [0, 0.05) is 5.56 Å². The summed E-state index contributed by atoms with van der Waals surface area (Å²) in [7, 11) is 0. The van der Waals surface area contributed by atoms with Gasteiger partial charge in [0.2, 0.25) is 11.7 Å². The van der Waals surface area contributed by atoms with Crippen LogP contribution >= 0.6 is 22.9 Å². The minimum Gasteiger partial charge on any atom is -0.366 e. The van der Waals surface area contributed by atoms with Gasteiger partial charge in [-0.25, -0.2) is 0 Å². The molecule has 0 bridgehead atoms. The van der Waals surface area contributed by atoms with E-state index in [0.29, 0.717) is 10.4 Å². The third kappa shape index (κ3) is 2.38. The molecule has 0 saturated carbocycles. The van der Waals surface area contributed by atoms with Crippen LogP contribution in [-0.2, 0) is 0 Å². The van der Waals surface area contributed by atoms with E-state index in [2.05, 4.69) is 0 Å². The van der Waals surface area contributed by atoms with E-state index < -0.39 is 5.91 Å². The molecule has 0 aliphatic heterocycles. The Labute approximate surface area is 107 Å². The molecule has 0 radical (unpaired) electrons. The number of benzene rings is 1. The van der Waals surface area contributed by atoms with Crippen molar-refractivity contribution in [3.05, 3.63) is 56.7 Å². The first kappa shape index (κ1) is 11.8. The van der Waals surface area contributed by atoms with Gasteiger partial charge in [-0.2, -0.15) is 0 Å². The van der Waals surface area contributed by atoms with E-state index in [9.17, 15) is 9.59 Å². The molecule has 0 spiro atoms. The SMILES string of the molecule is NC(=O)c1ccc(C(=O)c2cccs2)cc1Cl. The Morgan fingerprint density at radius 2 is 2.00 bits per heavy atom. The molecule has 1 aromatic carbocycles. The molecule has 2 N–H and O–H groups in total. The number of thiophene rings is 1. The third-order valence-corrected chi connectivity index (χ3v) is 3.42. The summed E-state index contributed by atoms with van der Waals surface area (Å²) in [5.41, 5.74) is 5.79. The first-order valence-corrected chi connectivity index (χ1v) is 6.03. The molecule has 5 heteroatoms. The second kappa shape index (κ2) is 4.69. The largest absolute Gasteiger partial charge is 0.366 e. The Hall–Kier alpha value is -1.65. The van der Waals surface area contributed by atoms with Gasteiger partial charge in [-0.1, -0.05) is 23.7 Å². The molecule has 0 atom stereocenters. The highest BCUT2D eigenvalue weighted by Crippen LogP contribution is 2.21. The average molecular weight is 266 g/mol. The quantitative estimate of drug-likeness (QED) is 0.868. The first-order chi connectivity index (χ1) is 8.09. The first-order valence-electron chi connectivity index (χ1n) is 4.77. The smallest absolute Gasteiger partial charge is 0.250 e. The van der Waals surface area contributed by atoms with Crippen LogP contribution < -0.4 is 5.73 Å². The Kier molecular flexibility index (Phi) is 3.26. The zero-order chi connectivity index (χ0) is 12.4. The van der Waals surface area contributed by atoms with Crippen LogP contribution in [0.5, 0.6) is 0 Å². The van der Waals surface area contributed by atoms with Crippen LogP contribution in [0.3, 0.4) is 0 Å². The van der Waals surface area contributed by atoms with Gasteiger partial charge in [0.25, 0.3) is 0 Å². The second-order valence-corrected chi connectivity index (χ2v) is 4.72. The van der Waals surface area contributed by atoms with Crippen molar-refractivity contribution in [3.63, 3.8) is 0 Å². The molecule has 3 nitrogen and oxygen atoms in total. The maximum atomic E-state index is 12.0. The number of hydrogen-bond donors (Lipinski definition) is 1. The van der Waals surface area contributed by atoms with Crippen LogP contribution in [0.15, 0.2) is 35.7 Å². The number of nitrogens with two attached hydrogens (primary N) is 1. The predicted octanol–water partition coefficient (Wildman–Crippen LogP) is 2.73. The van der Waals surface area contributed by atoms with Crippen molar-refractivity contribution in [2.75, 3.05) is 0 Å². The summed E-state index contributed by atoms with van der Waals surface area (Å²) in [6, 6.07) is 8.02. The van der Waals surface area contributed by atoms with Crippen molar-refractivity contribution in [1.82, 2.24) is 0 Å². The predicted molar refractivity (Wildman–Crippen MR) is 67.7 cm³/mol. The van der Waals surface area contributed by atoms with Crippen LogP contribution in [0.1, 0.15) is 25.6 Å². The molecule has 0 aliphatic carbocycles. The van der Waals surface area contributed by atoms with E-state index in [0.717, 1.165) is 0 Å². The van der Waals surface area contributed by atoms with Crippen LogP contribution in [0.25, 0.3) is 0 Å². The van der Waals surface area contributed by atoms with Crippen molar-refractivity contribution in [2.24, 2.45) is 5.73 Å². The lowest BCUT2D eigenvalue weighted by atomic mass is 10.1. The van der Waals surface area contributed by atoms with Gasteiger partial charge < -0.3 is 5.73 Å². The maximum Gasteiger partial charge on any atom is 0.250 e. The number of amides is 1. The Morgan fingerprint density at radius 3 is 2.53 bits per heavy atom. The molecule has 0 saturated heterocycles. The zero-order valence-corrected chi connectivity index (χ0v) is 10.2. The molecule has 2 aromatic rings. The van der Waals surface area contributed by atoms with Crippen LogP contribution in [-0.4, -0.2) is 11.7 Å². The van der Waals surface area contributed by atoms with Gasteiger partial charge in [-0.05, 0) is 23.6 Å². The number of carbonyl (C=O) groups excluding carboxylic acids is 2. The van der Waals surface area contributed by atoms with Crippen molar-refractivity contribution in [2.45, 2.75) is 0 Å². The number of primary amides is 1. The highest BCUT2D eigenvalue weighted by atomic mass is 35.5. The average Bonchev–Trinajstić information content (AvgIpc) is 2.80. The highest BCUT2D eigenvalue weighted by molar-refractivity contribution is 7.12. The molecule has 17 heavy (non-hydrogen) atoms. The van der Waals surface area contributed by atoms with Gasteiger partial charge in [0.15, 0.2) is 0 Å². The Balaban J connectivity index is 2.39. The topological polar surface area (TPSA) is 60.2 Å². The van der Waals surface area contributed by atoms with E-state index in [1.165, 1.54) is 23.5 Å². The molecular weight excluding hydrogens is 258 g/mol. The van der Waals surface area contributed by atoms with E-state index in [1.807, 2.05) is 5.38 Å². The molecule has 0 aliphatic rings. The molecule has 0 unspecified atom stereocenters. The summed E-state index contributed by atoms with van der Waals surface area (Å²) in [5, 5.41) is 2.02. The minimum atomic E-state index is -0.606. The van der Waals surface area contributed by atoms with Gasteiger partial charge in [-0.15, -0.1) is 11.3 Å². The van der Waals surface area contributed by atoms with Crippen molar-refractivity contribution in [3.8, 4) is 0 Å². The zero-order valence-electron chi connectivity index (χ0n) is 8.64. The number of hydrogen-bond acceptors (Lipinski definition) is 3. The number of rotatable bonds is 3. The summed E-state index contributed by atoms with van der Waals surface area (Å²) in [5.74, 6) is -0.719. The monoisotopic (exact) mass is 265 g/mol. The summed E-state index contributed by atoms with van der Waals surface area (Å²) in [6.07, 6.45) is 0. The molecule has 1 amide bonds. The maximum absolute atomic E-state index is 12.0. The minimum absolute atomic E-state index is 0.113. The second-order valence-electron chi connectivity index (χ2n) is 3.37. The summed E-state index contributed by atoms with van der Waals surface area (Å²) >= 11 is 7.24. The standard InChI is InChI=1S/C12H8ClNO2S/c13-9-6-7(3-4-8(9)12(14)16)11(15)10-2-1-5-17-10/h1-6H,(H2,14,16). The fourth-order valence-corrected chi connectivity index (χ4v) is 2.37. The molecule has 86 valence electrons. The van der Waals surface area contributed by atoms with Gasteiger partial charge >= 0.3 is 0 Å². The lowest BCUT2D eigenvalue weighted by Gasteiger charge is -2.02. The molecule has 2 rings (SSSR count). The van der Waals surface area contributed by atoms with Crippen molar-refractivity contribution >= 4 is 34.6 Å². The number of carbonyl (C=O) groups is 2. The fraction of sp³-hybridized carbons (Fsp3) is 0. The Bertz CT molecular complexity index is 578. The lowest BCUT2D eigenvalue weighted by Crippen LogP contribution is -2.12. The van der Waals surface area contributed by atoms with Gasteiger partial charge in [0.05, 0.1) is 15.5 Å². The third-order valence-electron chi connectivity index (χ3n) is 2.24. The highest BCUT2D eigenvalue weighted by Gasteiger charge is 2.13. The summed E-state index contributed by atoms with van der Waals surface area (Å²) < 4.78 is 0. The van der Waals surface area contributed by atoms with E-state index >= 15 is 0 Å². The molecule has 1 aromatic heterocycles. The van der Waals surface area contributed by atoms with E-state index in [4.69, 9.17) is 17.3 Å². The normalized spacial score (nSPS) is 10.2. The van der Waals surface area contributed by atoms with Gasteiger partial charge in [-0.3, -0.25) is 9.59 Å². The lowest BCUT2D eigenvalue weighted by molar-refractivity contribution is 0.0997. The fourth-order valence-electron chi connectivity index (χ4n) is 1.41. The van der Waals surface area contributed by atoms with Crippen LogP contribution in [0, 0.1) is 0 Å². The van der Waals surface area contributed by atoms with Gasteiger partial charge in [0.1, 0.15) is 0 Å². The number of ketones is 1. The molecular formula is C12H8ClNO2S. The summed E-state index contributed by atoms with van der Waals surface area (Å²) in [4.78, 5) is 23.6. The van der Waals surface area contributed by atoms with E-state index in [1.54, 1.807) is 18.2 Å². The number of halogens is 1. The van der Waals surface area contributed by atoms with E-state index in [-0.39, 0.29) is 16.4 Å². The van der Waals surface area contributed by atoms with Crippen molar-refractivity contribution in [1.29, 1.82) is 0 Å². The Morgan fingerprint density at radius 1 is 1.24 bits per heavy atom.